The van der Waals surface area contributed by atoms with Crippen molar-refractivity contribution in [3.8, 4) is 0 Å². The Kier molecular flexibility index (Phi) is 8.14. The molecule has 0 spiro atoms. The normalized spacial score (nSPS) is 20.5. The maximum atomic E-state index is 12.1. The number of ether oxygens (including phenoxy) is 1. The summed E-state index contributed by atoms with van der Waals surface area (Å²) in [4.78, 5) is 13.7. The number of aliphatic hydroxyl groups is 1. The average molecular weight is 315 g/mol. The van der Waals surface area contributed by atoms with Crippen molar-refractivity contribution in [3.63, 3.8) is 0 Å². The fourth-order valence-electron chi connectivity index (χ4n) is 2.49. The first kappa shape index (κ1) is 19.2. The number of carbonyl (C=O) groups is 1. The monoisotopic (exact) mass is 315 g/mol. The van der Waals surface area contributed by atoms with E-state index >= 15 is 0 Å². The van der Waals surface area contributed by atoms with Gasteiger partial charge in [-0.3, -0.25) is 0 Å². The number of nitrogens with one attached hydrogen (secondary N) is 2. The lowest BCUT2D eigenvalue weighted by Gasteiger charge is -2.29. The zero-order valence-electron chi connectivity index (χ0n) is 14.5. The first-order chi connectivity index (χ1) is 10.3. The minimum Gasteiger partial charge on any atom is -0.444 e. The first-order valence-electron chi connectivity index (χ1n) is 8.38. The lowest BCUT2D eigenvalue weighted by atomic mass is 10.1. The summed E-state index contributed by atoms with van der Waals surface area (Å²) in [6.07, 6.45) is 2.82. The molecule has 1 rings (SSSR count). The summed E-state index contributed by atoms with van der Waals surface area (Å²) in [7, 11) is 0. The number of carbonyl (C=O) groups excluding carboxylic acids is 1. The third-order valence-electron chi connectivity index (χ3n) is 3.50. The predicted octanol–water partition coefficient (Wildman–Crippen LogP) is 1.34. The molecule has 22 heavy (non-hydrogen) atoms. The van der Waals surface area contributed by atoms with Gasteiger partial charge in [0.15, 0.2) is 0 Å². The van der Waals surface area contributed by atoms with Crippen LogP contribution >= 0.6 is 0 Å². The van der Waals surface area contributed by atoms with E-state index in [4.69, 9.17) is 4.74 Å². The van der Waals surface area contributed by atoms with Crippen molar-refractivity contribution in [1.29, 1.82) is 0 Å². The Hall–Kier alpha value is -0.850. The van der Waals surface area contributed by atoms with Crippen LogP contribution in [0.25, 0.3) is 0 Å². The maximum Gasteiger partial charge on any atom is 0.410 e. The molecule has 1 aliphatic heterocycles. The summed E-state index contributed by atoms with van der Waals surface area (Å²) in [5.41, 5.74) is -0.520. The van der Waals surface area contributed by atoms with E-state index in [9.17, 15) is 9.90 Å². The zero-order valence-corrected chi connectivity index (χ0v) is 14.5. The molecule has 6 heteroatoms. The highest BCUT2D eigenvalue weighted by molar-refractivity contribution is 5.68. The van der Waals surface area contributed by atoms with E-state index in [1.165, 1.54) is 19.3 Å². The number of rotatable bonds is 7. The Bertz CT molecular complexity index is 323. The van der Waals surface area contributed by atoms with Gasteiger partial charge in [0.25, 0.3) is 0 Å². The number of amides is 1. The summed E-state index contributed by atoms with van der Waals surface area (Å²) >= 11 is 0. The molecule has 3 N–H and O–H groups in total. The molecule has 1 aliphatic rings. The summed E-state index contributed by atoms with van der Waals surface area (Å²) in [6, 6.07) is 0.528. The second-order valence-electron chi connectivity index (χ2n) is 7.13. The minimum absolute atomic E-state index is 0.290. The van der Waals surface area contributed by atoms with Crippen molar-refractivity contribution < 1.29 is 14.6 Å². The van der Waals surface area contributed by atoms with E-state index in [1.807, 2.05) is 20.8 Å². The number of aliphatic hydroxyl groups excluding tert-OH is 1. The van der Waals surface area contributed by atoms with Crippen LogP contribution in [-0.2, 0) is 4.74 Å². The Morgan fingerprint density at radius 3 is 2.73 bits per heavy atom. The van der Waals surface area contributed by atoms with Crippen LogP contribution in [0.3, 0.4) is 0 Å². The second kappa shape index (κ2) is 9.33. The predicted molar refractivity (Wildman–Crippen MR) is 88.0 cm³/mol. The van der Waals surface area contributed by atoms with Gasteiger partial charge in [-0.05, 0) is 47.1 Å². The number of piperidine rings is 1. The highest BCUT2D eigenvalue weighted by Crippen LogP contribution is 2.10. The number of hydrogen-bond donors (Lipinski definition) is 3. The number of nitrogens with zero attached hydrogens (tertiary/aromatic N) is 1. The van der Waals surface area contributed by atoms with Gasteiger partial charge in [0.05, 0.1) is 6.10 Å². The fraction of sp³-hybridized carbons (Fsp3) is 0.938. The molecule has 0 aliphatic carbocycles. The molecule has 0 aromatic heterocycles. The van der Waals surface area contributed by atoms with Gasteiger partial charge in [-0.1, -0.05) is 6.42 Å². The van der Waals surface area contributed by atoms with E-state index < -0.39 is 11.7 Å². The van der Waals surface area contributed by atoms with Crippen molar-refractivity contribution in [3.05, 3.63) is 0 Å². The molecule has 2 atom stereocenters. The van der Waals surface area contributed by atoms with Crippen LogP contribution in [0.2, 0.25) is 0 Å². The molecular weight excluding hydrogens is 282 g/mol. The van der Waals surface area contributed by atoms with Gasteiger partial charge >= 0.3 is 6.09 Å². The largest absolute Gasteiger partial charge is 0.444 e. The quantitative estimate of drug-likeness (QED) is 0.618. The molecule has 6 nitrogen and oxygen atoms in total. The Morgan fingerprint density at radius 2 is 2.18 bits per heavy atom. The van der Waals surface area contributed by atoms with Crippen LogP contribution in [0.4, 0.5) is 4.79 Å². The fourth-order valence-corrected chi connectivity index (χ4v) is 2.49. The lowest BCUT2D eigenvalue weighted by molar-refractivity contribution is 0.0164. The molecule has 0 aromatic carbocycles. The Labute approximate surface area is 134 Å². The molecule has 1 fully saturated rings. The molecule has 0 radical (unpaired) electrons. The van der Waals surface area contributed by atoms with Gasteiger partial charge in [-0.2, -0.15) is 0 Å². The van der Waals surface area contributed by atoms with Crippen LogP contribution in [0.15, 0.2) is 0 Å². The van der Waals surface area contributed by atoms with Crippen LogP contribution in [-0.4, -0.2) is 66.6 Å². The van der Waals surface area contributed by atoms with Gasteiger partial charge in [0, 0.05) is 32.2 Å². The van der Waals surface area contributed by atoms with E-state index in [1.54, 1.807) is 11.8 Å². The molecule has 130 valence electrons. The smallest absolute Gasteiger partial charge is 0.410 e. The van der Waals surface area contributed by atoms with Gasteiger partial charge in [-0.15, -0.1) is 0 Å². The van der Waals surface area contributed by atoms with Crippen LogP contribution in [0.1, 0.15) is 47.0 Å². The Morgan fingerprint density at radius 1 is 1.45 bits per heavy atom. The summed E-state index contributed by atoms with van der Waals surface area (Å²) in [5.74, 6) is 0. The third kappa shape index (κ3) is 8.56. The van der Waals surface area contributed by atoms with Gasteiger partial charge in [0.1, 0.15) is 5.60 Å². The summed E-state index contributed by atoms with van der Waals surface area (Å²) in [6.45, 7) is 10.7. The molecule has 1 amide bonds. The van der Waals surface area contributed by atoms with Crippen molar-refractivity contribution in [2.45, 2.75) is 64.7 Å². The highest BCUT2D eigenvalue weighted by Gasteiger charge is 2.23. The number of hydrogen-bond acceptors (Lipinski definition) is 5. The SMILES string of the molecule is CC(O)CN(CCNCC1CCCCN1)C(=O)OC(C)(C)C. The van der Waals surface area contributed by atoms with E-state index in [-0.39, 0.29) is 12.6 Å². The summed E-state index contributed by atoms with van der Waals surface area (Å²) < 4.78 is 5.38. The molecule has 1 saturated heterocycles. The molecule has 0 bridgehead atoms. The zero-order chi connectivity index (χ0) is 16.6. The highest BCUT2D eigenvalue weighted by atomic mass is 16.6. The molecular formula is C16H33N3O3. The maximum absolute atomic E-state index is 12.1. The van der Waals surface area contributed by atoms with Crippen molar-refractivity contribution >= 4 is 6.09 Å². The van der Waals surface area contributed by atoms with Gasteiger partial charge in [0.2, 0.25) is 0 Å². The first-order valence-corrected chi connectivity index (χ1v) is 8.38. The van der Waals surface area contributed by atoms with E-state index in [2.05, 4.69) is 10.6 Å². The van der Waals surface area contributed by atoms with Crippen molar-refractivity contribution in [1.82, 2.24) is 15.5 Å². The lowest BCUT2D eigenvalue weighted by Crippen LogP contribution is -2.46. The van der Waals surface area contributed by atoms with Crippen molar-refractivity contribution in [2.75, 3.05) is 32.7 Å². The standard InChI is InChI=1S/C16H33N3O3/c1-13(20)12-19(15(21)22-16(2,3)4)10-9-17-11-14-7-5-6-8-18-14/h13-14,17-18,20H,5-12H2,1-4H3. The third-order valence-corrected chi connectivity index (χ3v) is 3.50. The van der Waals surface area contributed by atoms with Crippen molar-refractivity contribution in [2.24, 2.45) is 0 Å². The van der Waals surface area contributed by atoms with Gasteiger partial charge in [-0.25, -0.2) is 4.79 Å². The van der Waals surface area contributed by atoms with Crippen LogP contribution in [0, 0.1) is 0 Å². The average Bonchev–Trinajstić information content (AvgIpc) is 2.41. The van der Waals surface area contributed by atoms with E-state index in [0.29, 0.717) is 19.1 Å². The summed E-state index contributed by atoms with van der Waals surface area (Å²) in [5, 5.41) is 16.4. The molecule has 0 aromatic rings. The van der Waals surface area contributed by atoms with Crippen LogP contribution < -0.4 is 10.6 Å². The molecule has 1 heterocycles. The molecule has 0 saturated carbocycles. The van der Waals surface area contributed by atoms with Crippen LogP contribution in [0.5, 0.6) is 0 Å². The van der Waals surface area contributed by atoms with E-state index in [0.717, 1.165) is 13.1 Å². The minimum atomic E-state index is -0.562. The molecule has 2 unspecified atom stereocenters. The topological polar surface area (TPSA) is 73.8 Å². The Balaban J connectivity index is 2.32. The van der Waals surface area contributed by atoms with Gasteiger partial charge < -0.3 is 25.4 Å². The second-order valence-corrected chi connectivity index (χ2v) is 7.13.